The highest BCUT2D eigenvalue weighted by atomic mass is 79.9. The topological polar surface area (TPSA) is 34.0 Å². The van der Waals surface area contributed by atoms with Crippen LogP contribution in [-0.4, -0.2) is 9.38 Å². The second-order valence-corrected chi connectivity index (χ2v) is 3.79. The number of fused-ring (bicyclic) bond motifs is 1. The summed E-state index contributed by atoms with van der Waals surface area (Å²) >= 11 is 2.85. The average molecular weight is 253 g/mol. The van der Waals surface area contributed by atoms with Crippen molar-refractivity contribution in [3.05, 3.63) is 30.5 Å². The Hall–Kier alpha value is -1.29. The van der Waals surface area contributed by atoms with Gasteiger partial charge in [0.05, 0.1) is 5.69 Å². The number of carbonyl (C=O) groups excluding carboxylic acids is 1. The average Bonchev–Trinajstić information content (AvgIpc) is 2.44. The third-order valence-electron chi connectivity index (χ3n) is 2.13. The minimum atomic E-state index is -0.228. The number of rotatable bonds is 1. The Morgan fingerprint density at radius 3 is 2.86 bits per heavy atom. The fraction of sp³-hybridized carbons (Fsp3) is 0.100. The number of anilines is 1. The Balaban J connectivity index is 2.60. The lowest BCUT2D eigenvalue weighted by atomic mass is 10.2. The molecule has 0 radical (unpaired) electrons. The molecule has 1 amide bonds. The predicted octanol–water partition coefficient (Wildman–Crippen LogP) is 3.11. The van der Waals surface area contributed by atoms with E-state index in [4.69, 9.17) is 0 Å². The Kier molecular flexibility index (Phi) is 2.29. The number of carbonyl (C=O) groups is 1. The summed E-state index contributed by atoms with van der Waals surface area (Å²) in [5, 5.41) is 3.77. The highest BCUT2D eigenvalue weighted by molar-refractivity contribution is 9.18. The molecule has 0 aliphatic carbocycles. The maximum absolute atomic E-state index is 10.9. The quantitative estimate of drug-likeness (QED) is 0.614. The first-order valence-corrected chi connectivity index (χ1v) is 4.98. The summed E-state index contributed by atoms with van der Waals surface area (Å²) in [6.07, 6.45) is 1.89. The molecule has 14 heavy (non-hydrogen) atoms. The van der Waals surface area contributed by atoms with E-state index < -0.39 is 0 Å². The summed E-state index contributed by atoms with van der Waals surface area (Å²) in [4.78, 5) is 10.6. The zero-order valence-electron chi connectivity index (χ0n) is 7.62. The third-order valence-corrected chi connectivity index (χ3v) is 2.33. The molecule has 0 aliphatic heterocycles. The van der Waals surface area contributed by atoms with Gasteiger partial charge < -0.3 is 9.88 Å². The van der Waals surface area contributed by atoms with Gasteiger partial charge in [0.2, 0.25) is 0 Å². The number of aryl methyl sites for hydroxylation is 1. The maximum Gasteiger partial charge on any atom is 0.291 e. The molecule has 0 aliphatic rings. The lowest BCUT2D eigenvalue weighted by Crippen LogP contribution is -1.99. The van der Waals surface area contributed by atoms with Gasteiger partial charge in [-0.05, 0) is 6.07 Å². The Morgan fingerprint density at radius 1 is 1.43 bits per heavy atom. The van der Waals surface area contributed by atoms with Gasteiger partial charge in [-0.3, -0.25) is 4.79 Å². The molecule has 0 unspecified atom stereocenters. The van der Waals surface area contributed by atoms with Crippen LogP contribution in [0, 0.1) is 0 Å². The molecule has 1 aromatic carbocycles. The van der Waals surface area contributed by atoms with E-state index in [0.29, 0.717) is 0 Å². The zero-order valence-corrected chi connectivity index (χ0v) is 9.21. The van der Waals surface area contributed by atoms with Crippen molar-refractivity contribution in [3.63, 3.8) is 0 Å². The number of nitrogens with zero attached hydrogens (tertiary/aromatic N) is 1. The number of halogens is 1. The van der Waals surface area contributed by atoms with E-state index in [1.54, 1.807) is 0 Å². The van der Waals surface area contributed by atoms with Gasteiger partial charge >= 0.3 is 0 Å². The molecule has 0 fully saturated rings. The molecule has 2 rings (SSSR count). The fourth-order valence-electron chi connectivity index (χ4n) is 1.55. The molecule has 4 heteroatoms. The minimum absolute atomic E-state index is 0.228. The molecular weight excluding hydrogens is 244 g/mol. The van der Waals surface area contributed by atoms with Gasteiger partial charge in [0, 0.05) is 40.1 Å². The van der Waals surface area contributed by atoms with Gasteiger partial charge in [-0.2, -0.15) is 0 Å². The molecule has 0 saturated carbocycles. The number of para-hydroxylation sites is 1. The van der Waals surface area contributed by atoms with Crippen molar-refractivity contribution < 1.29 is 4.79 Å². The van der Waals surface area contributed by atoms with E-state index in [1.807, 2.05) is 42.1 Å². The van der Waals surface area contributed by atoms with Crippen LogP contribution in [0.3, 0.4) is 0 Å². The Morgan fingerprint density at radius 2 is 2.14 bits per heavy atom. The SMILES string of the molecule is Cn1cc(NC(=O)Br)c2ccccc21. The van der Waals surface area contributed by atoms with Crippen molar-refractivity contribution in [3.8, 4) is 0 Å². The zero-order chi connectivity index (χ0) is 10.1. The van der Waals surface area contributed by atoms with Crippen LogP contribution in [-0.2, 0) is 7.05 Å². The second-order valence-electron chi connectivity index (χ2n) is 3.07. The molecule has 3 nitrogen and oxygen atoms in total. The first-order valence-electron chi connectivity index (χ1n) is 4.19. The van der Waals surface area contributed by atoms with Crippen LogP contribution < -0.4 is 5.32 Å². The van der Waals surface area contributed by atoms with Crippen molar-refractivity contribution >= 4 is 37.3 Å². The van der Waals surface area contributed by atoms with Crippen LogP contribution in [0.2, 0.25) is 0 Å². The smallest absolute Gasteiger partial charge is 0.291 e. The highest BCUT2D eigenvalue weighted by Crippen LogP contribution is 2.25. The maximum atomic E-state index is 10.9. The van der Waals surface area contributed by atoms with Crippen LogP contribution in [0.5, 0.6) is 0 Å². The molecule has 1 N–H and O–H groups in total. The first kappa shape index (κ1) is 9.27. The number of aromatic nitrogens is 1. The van der Waals surface area contributed by atoms with Crippen LogP contribution in [0.25, 0.3) is 10.9 Å². The Labute approximate surface area is 89.8 Å². The van der Waals surface area contributed by atoms with E-state index in [1.165, 1.54) is 0 Å². The monoisotopic (exact) mass is 252 g/mol. The highest BCUT2D eigenvalue weighted by Gasteiger charge is 2.06. The first-order chi connectivity index (χ1) is 6.68. The number of hydrogen-bond acceptors (Lipinski definition) is 1. The molecule has 0 bridgehead atoms. The largest absolute Gasteiger partial charge is 0.348 e. The van der Waals surface area contributed by atoms with Gasteiger partial charge in [0.15, 0.2) is 0 Å². The molecule has 72 valence electrons. The van der Waals surface area contributed by atoms with Crippen molar-refractivity contribution in [1.29, 1.82) is 0 Å². The molecule has 1 heterocycles. The van der Waals surface area contributed by atoms with Crippen LogP contribution in [0.4, 0.5) is 10.5 Å². The van der Waals surface area contributed by atoms with E-state index in [-0.39, 0.29) is 4.82 Å². The lowest BCUT2D eigenvalue weighted by Gasteiger charge is -1.96. The molecule has 0 atom stereocenters. The van der Waals surface area contributed by atoms with Gasteiger partial charge in [0.25, 0.3) is 4.82 Å². The summed E-state index contributed by atoms with van der Waals surface area (Å²) in [5.41, 5.74) is 1.92. The standard InChI is InChI=1S/C10H9BrN2O/c1-13-6-8(12-10(11)14)7-4-2-3-5-9(7)13/h2-6H,1H3,(H,12,14). The normalized spacial score (nSPS) is 10.4. The van der Waals surface area contributed by atoms with Gasteiger partial charge in [-0.15, -0.1) is 0 Å². The molecule has 0 spiro atoms. The second kappa shape index (κ2) is 3.46. The number of nitrogens with one attached hydrogen (secondary N) is 1. The molecule has 2 aromatic rings. The van der Waals surface area contributed by atoms with Crippen molar-refractivity contribution in [1.82, 2.24) is 4.57 Å². The third kappa shape index (κ3) is 1.53. The predicted molar refractivity (Wildman–Crippen MR) is 60.9 cm³/mol. The van der Waals surface area contributed by atoms with Crippen molar-refractivity contribution in [2.75, 3.05) is 5.32 Å². The van der Waals surface area contributed by atoms with Crippen LogP contribution >= 0.6 is 15.9 Å². The van der Waals surface area contributed by atoms with E-state index in [2.05, 4.69) is 21.2 Å². The van der Waals surface area contributed by atoms with E-state index in [9.17, 15) is 4.79 Å². The van der Waals surface area contributed by atoms with Gasteiger partial charge in [-0.1, -0.05) is 18.2 Å². The molecule has 1 aromatic heterocycles. The van der Waals surface area contributed by atoms with Crippen LogP contribution in [0.15, 0.2) is 30.5 Å². The fourth-order valence-corrected chi connectivity index (χ4v) is 1.76. The number of amides is 1. The molecular formula is C10H9BrN2O. The molecule has 0 saturated heterocycles. The minimum Gasteiger partial charge on any atom is -0.348 e. The number of benzene rings is 1. The summed E-state index contributed by atoms with van der Waals surface area (Å²) in [6, 6.07) is 7.92. The lowest BCUT2D eigenvalue weighted by molar-refractivity contribution is 0.270. The summed E-state index contributed by atoms with van der Waals surface area (Å²) in [7, 11) is 1.95. The van der Waals surface area contributed by atoms with Crippen molar-refractivity contribution in [2.24, 2.45) is 7.05 Å². The summed E-state index contributed by atoms with van der Waals surface area (Å²) in [6.45, 7) is 0. The van der Waals surface area contributed by atoms with Crippen molar-refractivity contribution in [2.45, 2.75) is 0 Å². The Bertz CT molecular complexity index is 490. The summed E-state index contributed by atoms with van der Waals surface area (Å²) in [5.74, 6) is 0. The van der Waals surface area contributed by atoms with E-state index >= 15 is 0 Å². The number of hydrogen-bond donors (Lipinski definition) is 1. The van der Waals surface area contributed by atoms with Gasteiger partial charge in [0.1, 0.15) is 0 Å². The van der Waals surface area contributed by atoms with E-state index in [0.717, 1.165) is 16.6 Å². The van der Waals surface area contributed by atoms with Gasteiger partial charge in [-0.25, -0.2) is 0 Å². The van der Waals surface area contributed by atoms with Crippen LogP contribution in [0.1, 0.15) is 0 Å². The summed E-state index contributed by atoms with van der Waals surface area (Å²) < 4.78 is 1.98.